The first-order valence-electron chi connectivity index (χ1n) is 7.65. The minimum atomic E-state index is -0.538. The summed E-state index contributed by atoms with van der Waals surface area (Å²) in [5.74, 6) is 8.14. The number of nitrogens with zero attached hydrogens (tertiary/aromatic N) is 1. The van der Waals surface area contributed by atoms with Crippen LogP contribution in [0, 0.1) is 0 Å². The summed E-state index contributed by atoms with van der Waals surface area (Å²) in [6.07, 6.45) is 0. The molecule has 6 nitrogen and oxygen atoms in total. The van der Waals surface area contributed by atoms with Gasteiger partial charge in [0.05, 0.1) is 0 Å². The topological polar surface area (TPSA) is 84.7 Å². The van der Waals surface area contributed by atoms with Crippen molar-refractivity contribution in [2.45, 2.75) is 12.0 Å². The van der Waals surface area contributed by atoms with Crippen molar-refractivity contribution in [1.82, 2.24) is 10.3 Å². The Balaban J connectivity index is 1.78. The molecule has 0 spiro atoms. The molecule has 0 bridgehead atoms. The molecule has 2 aromatic carbocycles. The number of hydrogen-bond donors (Lipinski definition) is 2. The number of amides is 2. The maximum Gasteiger partial charge on any atom is 0.337 e. The molecule has 3 rings (SSSR count). The third kappa shape index (κ3) is 3.85. The first-order chi connectivity index (χ1) is 12.2. The third-order valence-electron chi connectivity index (χ3n) is 3.75. The fourth-order valence-corrected chi connectivity index (χ4v) is 3.79. The number of hydrazine groups is 1. The van der Waals surface area contributed by atoms with Crippen LogP contribution in [0.3, 0.4) is 0 Å². The standard InChI is InChI=1S/C18H17N3O3S/c19-20-18(23)21-15(10-22)12-25-17(21)14-7-4-8-16(9-14)24-11-13-5-2-1-3-6-13/h1-9,17H,11-12,19H2,(H,20,23). The lowest BCUT2D eigenvalue weighted by molar-refractivity contribution is 0.210. The molecule has 0 aliphatic carbocycles. The van der Waals surface area contributed by atoms with Crippen LogP contribution in [0.4, 0.5) is 4.79 Å². The number of hydrogen-bond acceptors (Lipinski definition) is 5. The van der Waals surface area contributed by atoms with Gasteiger partial charge >= 0.3 is 6.03 Å². The van der Waals surface area contributed by atoms with E-state index in [4.69, 9.17) is 10.6 Å². The van der Waals surface area contributed by atoms with Crippen molar-refractivity contribution in [3.05, 3.63) is 71.4 Å². The largest absolute Gasteiger partial charge is 0.489 e. The van der Waals surface area contributed by atoms with Crippen molar-refractivity contribution in [2.75, 3.05) is 5.75 Å². The van der Waals surface area contributed by atoms with Crippen LogP contribution in [-0.4, -0.2) is 22.6 Å². The average Bonchev–Trinajstić information content (AvgIpc) is 3.11. The molecule has 25 heavy (non-hydrogen) atoms. The normalized spacial score (nSPS) is 16.4. The van der Waals surface area contributed by atoms with Gasteiger partial charge in [-0.05, 0) is 23.3 Å². The molecular formula is C18H17N3O3S. The van der Waals surface area contributed by atoms with Gasteiger partial charge in [-0.1, -0.05) is 42.5 Å². The van der Waals surface area contributed by atoms with Gasteiger partial charge in [0.15, 0.2) is 0 Å². The molecule has 0 radical (unpaired) electrons. The predicted molar refractivity (Wildman–Crippen MR) is 96.2 cm³/mol. The highest BCUT2D eigenvalue weighted by Crippen LogP contribution is 2.42. The lowest BCUT2D eigenvalue weighted by Gasteiger charge is -2.23. The number of thioether (sulfide) groups is 1. The highest BCUT2D eigenvalue weighted by Gasteiger charge is 2.35. The Hall–Kier alpha value is -2.73. The van der Waals surface area contributed by atoms with Crippen molar-refractivity contribution in [3.8, 4) is 5.75 Å². The summed E-state index contributed by atoms with van der Waals surface area (Å²) >= 11 is 1.46. The Morgan fingerprint density at radius 2 is 2.08 bits per heavy atom. The quantitative estimate of drug-likeness (QED) is 0.381. The highest BCUT2D eigenvalue weighted by atomic mass is 32.2. The minimum absolute atomic E-state index is 0.272. The van der Waals surface area contributed by atoms with E-state index in [1.807, 2.05) is 60.5 Å². The number of rotatable bonds is 4. The van der Waals surface area contributed by atoms with Crippen molar-refractivity contribution in [1.29, 1.82) is 0 Å². The van der Waals surface area contributed by atoms with Crippen molar-refractivity contribution in [2.24, 2.45) is 5.84 Å². The summed E-state index contributed by atoms with van der Waals surface area (Å²) in [4.78, 5) is 24.4. The lowest BCUT2D eigenvalue weighted by Crippen LogP contribution is -2.42. The van der Waals surface area contributed by atoms with E-state index in [1.54, 1.807) is 0 Å². The second kappa shape index (κ2) is 7.90. The van der Waals surface area contributed by atoms with E-state index >= 15 is 0 Å². The van der Waals surface area contributed by atoms with Crippen LogP contribution in [0.2, 0.25) is 0 Å². The zero-order valence-electron chi connectivity index (χ0n) is 13.3. The van der Waals surface area contributed by atoms with Gasteiger partial charge < -0.3 is 4.74 Å². The molecule has 1 atom stereocenters. The summed E-state index contributed by atoms with van der Waals surface area (Å²) in [5, 5.41) is -0.347. The lowest BCUT2D eigenvalue weighted by atomic mass is 10.2. The Morgan fingerprint density at radius 3 is 2.80 bits per heavy atom. The number of nitrogens with one attached hydrogen (secondary N) is 1. The van der Waals surface area contributed by atoms with Crippen LogP contribution in [-0.2, 0) is 11.4 Å². The smallest absolute Gasteiger partial charge is 0.337 e. The Labute approximate surface area is 149 Å². The van der Waals surface area contributed by atoms with Crippen LogP contribution >= 0.6 is 11.8 Å². The molecule has 0 aromatic heterocycles. The van der Waals surface area contributed by atoms with Gasteiger partial charge in [-0.2, -0.15) is 0 Å². The number of nitrogens with two attached hydrogens (primary N) is 1. The molecule has 1 aliphatic heterocycles. The Bertz CT molecular complexity index is 806. The Kier molecular flexibility index (Phi) is 5.40. The minimum Gasteiger partial charge on any atom is -0.489 e. The van der Waals surface area contributed by atoms with Gasteiger partial charge in [0.1, 0.15) is 29.4 Å². The first-order valence-corrected chi connectivity index (χ1v) is 8.70. The molecule has 1 saturated heterocycles. The summed E-state index contributed by atoms with van der Waals surface area (Å²) in [6, 6.07) is 16.8. The van der Waals surface area contributed by atoms with E-state index in [-0.39, 0.29) is 11.1 Å². The van der Waals surface area contributed by atoms with Crippen LogP contribution in [0.15, 0.2) is 60.3 Å². The van der Waals surface area contributed by atoms with Gasteiger partial charge in [0.25, 0.3) is 0 Å². The summed E-state index contributed by atoms with van der Waals surface area (Å²) in [6.45, 7) is 0.453. The van der Waals surface area contributed by atoms with E-state index < -0.39 is 6.03 Å². The molecule has 2 amide bonds. The molecule has 2 aromatic rings. The second-order valence-corrected chi connectivity index (χ2v) is 6.45. The van der Waals surface area contributed by atoms with Gasteiger partial charge in [-0.25, -0.2) is 15.4 Å². The first kappa shape index (κ1) is 17.1. The van der Waals surface area contributed by atoms with Gasteiger partial charge in [0, 0.05) is 5.75 Å². The monoisotopic (exact) mass is 355 g/mol. The van der Waals surface area contributed by atoms with Gasteiger partial charge in [-0.15, -0.1) is 11.8 Å². The van der Waals surface area contributed by atoms with Crippen LogP contribution < -0.4 is 16.0 Å². The summed E-state index contributed by atoms with van der Waals surface area (Å²) in [7, 11) is 0. The zero-order valence-corrected chi connectivity index (χ0v) is 14.2. The maximum absolute atomic E-state index is 12.0. The maximum atomic E-state index is 12.0. The van der Waals surface area contributed by atoms with E-state index in [1.165, 1.54) is 16.7 Å². The predicted octanol–water partition coefficient (Wildman–Crippen LogP) is 2.61. The fraction of sp³-hybridized carbons (Fsp3) is 0.167. The van der Waals surface area contributed by atoms with Crippen LogP contribution in [0.5, 0.6) is 5.75 Å². The molecule has 7 heteroatoms. The summed E-state index contributed by atoms with van der Waals surface area (Å²) in [5.41, 5.74) is 4.27. The van der Waals surface area contributed by atoms with Crippen LogP contribution in [0.1, 0.15) is 16.5 Å². The molecule has 1 unspecified atom stereocenters. The molecule has 0 saturated carbocycles. The molecule has 1 aliphatic rings. The van der Waals surface area contributed by atoms with E-state index in [0.717, 1.165) is 11.1 Å². The van der Waals surface area contributed by atoms with E-state index in [9.17, 15) is 9.59 Å². The fourth-order valence-electron chi connectivity index (χ4n) is 2.56. The van der Waals surface area contributed by atoms with Crippen LogP contribution in [0.25, 0.3) is 0 Å². The Morgan fingerprint density at radius 1 is 1.28 bits per heavy atom. The third-order valence-corrected chi connectivity index (χ3v) is 4.99. The number of carbonyl (C=O) groups is 1. The van der Waals surface area contributed by atoms with Gasteiger partial charge in [-0.3, -0.25) is 10.3 Å². The molecule has 3 N–H and O–H groups in total. The number of carbonyl (C=O) groups excluding carboxylic acids is 2. The second-order valence-electron chi connectivity index (χ2n) is 5.38. The average molecular weight is 355 g/mol. The molecule has 128 valence electrons. The van der Waals surface area contributed by atoms with E-state index in [2.05, 4.69) is 5.43 Å². The number of urea groups is 1. The zero-order chi connectivity index (χ0) is 17.6. The molecule has 1 heterocycles. The van der Waals surface area contributed by atoms with E-state index in [0.29, 0.717) is 18.1 Å². The number of ether oxygens (including phenoxy) is 1. The van der Waals surface area contributed by atoms with Gasteiger partial charge in [0.2, 0.25) is 0 Å². The highest BCUT2D eigenvalue weighted by molar-refractivity contribution is 8.00. The van der Waals surface area contributed by atoms with Crippen molar-refractivity contribution >= 4 is 23.7 Å². The van der Waals surface area contributed by atoms with Crippen molar-refractivity contribution in [3.63, 3.8) is 0 Å². The SMILES string of the molecule is NNC(=O)N1C(=C=O)CSC1c1cccc(OCc2ccccc2)c1. The number of benzene rings is 2. The summed E-state index contributed by atoms with van der Waals surface area (Å²) < 4.78 is 5.83. The van der Waals surface area contributed by atoms with Crippen molar-refractivity contribution < 1.29 is 14.3 Å². The molecule has 1 fully saturated rings. The molecular weight excluding hydrogens is 338 g/mol.